The fraction of sp³-hybridized carbons (Fsp3) is 0.226. The fourth-order valence-corrected chi connectivity index (χ4v) is 4.58. The number of pyridine rings is 2. The number of nitrogens with one attached hydrogen (secondary N) is 2. The van der Waals surface area contributed by atoms with Crippen LogP contribution in [-0.2, 0) is 11.2 Å². The number of ether oxygens (including phenoxy) is 3. The van der Waals surface area contributed by atoms with Crippen molar-refractivity contribution in [3.63, 3.8) is 0 Å². The normalized spacial score (nSPS) is 13.0. The molecule has 0 bridgehead atoms. The standard InChI is InChI=1S/C31H29F2N5O5/c1-2-42-27-10-12-38(22-6-3-20(32)4-7-22)31(40)29(27)30(39)36-21-5-8-26(24(33)17-21)43-28-18-23(19-35-25(28)9-11-34)37-13-15-41-16-14-37/h3-8,10-12,17-19,34H,2,9,13-16H2,1H3,(H,36,39). The highest BCUT2D eigenvalue weighted by Gasteiger charge is 2.21. The summed E-state index contributed by atoms with van der Waals surface area (Å²) < 4.78 is 46.7. The first-order valence-electron chi connectivity index (χ1n) is 13.6. The predicted molar refractivity (Wildman–Crippen MR) is 157 cm³/mol. The van der Waals surface area contributed by atoms with E-state index in [2.05, 4.69) is 15.2 Å². The first-order valence-corrected chi connectivity index (χ1v) is 13.6. The van der Waals surface area contributed by atoms with E-state index in [1.54, 1.807) is 19.2 Å². The van der Waals surface area contributed by atoms with E-state index in [0.717, 1.165) is 11.8 Å². The Balaban J connectivity index is 1.40. The monoisotopic (exact) mass is 589 g/mol. The zero-order valence-electron chi connectivity index (χ0n) is 23.3. The summed E-state index contributed by atoms with van der Waals surface area (Å²) in [6, 6.07) is 12.3. The number of carbonyl (C=O) groups is 1. The van der Waals surface area contributed by atoms with Gasteiger partial charge >= 0.3 is 0 Å². The summed E-state index contributed by atoms with van der Waals surface area (Å²) in [7, 11) is 0. The SMILES string of the molecule is CCOc1ccn(-c2ccc(F)cc2)c(=O)c1C(=O)Nc1ccc(Oc2cc(N3CCOCC3)cnc2CC=N)c(F)c1. The minimum Gasteiger partial charge on any atom is -0.493 e. The van der Waals surface area contributed by atoms with Crippen LogP contribution in [0.25, 0.3) is 5.69 Å². The molecule has 43 heavy (non-hydrogen) atoms. The Hall–Kier alpha value is -5.10. The van der Waals surface area contributed by atoms with Gasteiger partial charge in [-0.25, -0.2) is 8.78 Å². The largest absolute Gasteiger partial charge is 0.493 e. The van der Waals surface area contributed by atoms with Crippen LogP contribution < -0.4 is 25.2 Å². The smallest absolute Gasteiger partial charge is 0.271 e. The molecule has 5 rings (SSSR count). The van der Waals surface area contributed by atoms with Crippen LogP contribution in [0.4, 0.5) is 20.2 Å². The molecule has 1 saturated heterocycles. The van der Waals surface area contributed by atoms with Crippen molar-refractivity contribution in [1.82, 2.24) is 9.55 Å². The van der Waals surface area contributed by atoms with Crippen molar-refractivity contribution in [3.8, 4) is 22.9 Å². The van der Waals surface area contributed by atoms with Crippen LogP contribution >= 0.6 is 0 Å². The van der Waals surface area contributed by atoms with E-state index in [-0.39, 0.29) is 35.8 Å². The highest BCUT2D eigenvalue weighted by molar-refractivity contribution is 6.06. The van der Waals surface area contributed by atoms with Crippen molar-refractivity contribution in [2.24, 2.45) is 0 Å². The van der Waals surface area contributed by atoms with Crippen LogP contribution in [0.3, 0.4) is 0 Å². The molecule has 2 aromatic heterocycles. The molecule has 3 heterocycles. The van der Waals surface area contributed by atoms with E-state index in [0.29, 0.717) is 43.4 Å². The molecule has 10 nitrogen and oxygen atoms in total. The van der Waals surface area contributed by atoms with Gasteiger partial charge in [0.1, 0.15) is 17.1 Å². The zero-order valence-corrected chi connectivity index (χ0v) is 23.3. The van der Waals surface area contributed by atoms with Gasteiger partial charge < -0.3 is 29.8 Å². The molecule has 1 fully saturated rings. The molecular weight excluding hydrogens is 560 g/mol. The Morgan fingerprint density at radius 2 is 1.81 bits per heavy atom. The third kappa shape index (κ3) is 6.70. The number of benzene rings is 2. The number of morpholine rings is 1. The summed E-state index contributed by atoms with van der Waals surface area (Å²) in [4.78, 5) is 33.1. The predicted octanol–water partition coefficient (Wildman–Crippen LogP) is 4.98. The Labute approximate surface area is 246 Å². The number of carbonyl (C=O) groups excluding carboxylic acids is 1. The van der Waals surface area contributed by atoms with Gasteiger partial charge in [0.2, 0.25) is 0 Å². The summed E-state index contributed by atoms with van der Waals surface area (Å²) in [6.07, 6.45) is 4.50. The highest BCUT2D eigenvalue weighted by atomic mass is 19.1. The van der Waals surface area contributed by atoms with E-state index in [1.165, 1.54) is 59.4 Å². The van der Waals surface area contributed by atoms with E-state index in [9.17, 15) is 14.0 Å². The molecule has 2 aromatic carbocycles. The van der Waals surface area contributed by atoms with Crippen LogP contribution in [0.2, 0.25) is 0 Å². The minimum absolute atomic E-state index is 0.0511. The van der Waals surface area contributed by atoms with Crippen molar-refractivity contribution >= 4 is 23.5 Å². The van der Waals surface area contributed by atoms with Gasteiger partial charge in [0.25, 0.3) is 11.5 Å². The van der Waals surface area contributed by atoms with Gasteiger partial charge in [0.05, 0.1) is 37.4 Å². The average molecular weight is 590 g/mol. The van der Waals surface area contributed by atoms with E-state index in [4.69, 9.17) is 19.6 Å². The molecule has 0 saturated carbocycles. The Morgan fingerprint density at radius 1 is 1.05 bits per heavy atom. The second-order valence-corrected chi connectivity index (χ2v) is 9.49. The maximum atomic E-state index is 15.3. The van der Waals surface area contributed by atoms with Gasteiger partial charge in [-0.2, -0.15) is 0 Å². The van der Waals surface area contributed by atoms with Gasteiger partial charge in [0.15, 0.2) is 17.3 Å². The molecule has 1 amide bonds. The number of amides is 1. The van der Waals surface area contributed by atoms with Crippen LogP contribution in [0.15, 0.2) is 71.8 Å². The number of aromatic nitrogens is 2. The van der Waals surface area contributed by atoms with E-state index >= 15 is 4.39 Å². The zero-order chi connectivity index (χ0) is 30.3. The topological polar surface area (TPSA) is 119 Å². The molecule has 2 N–H and O–H groups in total. The summed E-state index contributed by atoms with van der Waals surface area (Å²) in [6.45, 7) is 4.42. The van der Waals surface area contributed by atoms with Crippen molar-refractivity contribution in [2.45, 2.75) is 13.3 Å². The quantitative estimate of drug-likeness (QED) is 0.251. The number of hydrogen-bond donors (Lipinski definition) is 2. The Morgan fingerprint density at radius 3 is 2.51 bits per heavy atom. The van der Waals surface area contributed by atoms with Crippen LogP contribution in [-0.4, -0.2) is 54.6 Å². The molecular formula is C31H29F2N5O5. The van der Waals surface area contributed by atoms with Gasteiger partial charge in [-0.1, -0.05) is 0 Å². The summed E-state index contributed by atoms with van der Waals surface area (Å²) in [5.74, 6) is -1.81. The Kier molecular flexibility index (Phi) is 9.06. The molecule has 222 valence electrons. The van der Waals surface area contributed by atoms with Gasteiger partial charge in [-0.15, -0.1) is 0 Å². The number of hydrogen-bond acceptors (Lipinski definition) is 8. The first-order chi connectivity index (χ1) is 20.9. The molecule has 1 aliphatic heterocycles. The third-order valence-electron chi connectivity index (χ3n) is 6.68. The van der Waals surface area contributed by atoms with Gasteiger partial charge in [0, 0.05) is 55.4 Å². The molecule has 0 atom stereocenters. The lowest BCUT2D eigenvalue weighted by Crippen LogP contribution is -2.36. The molecule has 0 aliphatic carbocycles. The minimum atomic E-state index is -0.811. The number of nitrogens with zero attached hydrogens (tertiary/aromatic N) is 3. The van der Waals surface area contributed by atoms with Crippen molar-refractivity contribution in [2.75, 3.05) is 43.1 Å². The second kappa shape index (κ2) is 13.3. The Bertz CT molecular complexity index is 1690. The molecule has 1 aliphatic rings. The number of rotatable bonds is 10. The molecule has 12 heteroatoms. The van der Waals surface area contributed by atoms with Gasteiger partial charge in [-0.3, -0.25) is 19.1 Å². The number of anilines is 2. The lowest BCUT2D eigenvalue weighted by molar-refractivity contribution is 0.102. The van der Waals surface area contributed by atoms with Crippen LogP contribution in [0, 0.1) is 17.0 Å². The summed E-state index contributed by atoms with van der Waals surface area (Å²) in [5, 5.41) is 10.0. The highest BCUT2D eigenvalue weighted by Crippen LogP contribution is 2.32. The maximum Gasteiger partial charge on any atom is 0.271 e. The lowest BCUT2D eigenvalue weighted by atomic mass is 10.2. The first kappa shape index (κ1) is 29.4. The van der Waals surface area contributed by atoms with Crippen molar-refractivity contribution in [3.05, 3.63) is 100 Å². The third-order valence-corrected chi connectivity index (χ3v) is 6.68. The molecule has 0 spiro atoms. The summed E-state index contributed by atoms with van der Waals surface area (Å²) >= 11 is 0. The molecule has 0 unspecified atom stereocenters. The van der Waals surface area contributed by atoms with E-state index in [1.807, 2.05) is 0 Å². The lowest BCUT2D eigenvalue weighted by Gasteiger charge is -2.29. The van der Waals surface area contributed by atoms with Crippen LogP contribution in [0.5, 0.6) is 17.2 Å². The average Bonchev–Trinajstić information content (AvgIpc) is 3.01. The van der Waals surface area contributed by atoms with E-state index < -0.39 is 23.1 Å². The molecule has 0 radical (unpaired) electrons. The van der Waals surface area contributed by atoms with Gasteiger partial charge in [-0.05, 0) is 49.4 Å². The van der Waals surface area contributed by atoms with Crippen LogP contribution in [0.1, 0.15) is 23.0 Å². The summed E-state index contributed by atoms with van der Waals surface area (Å²) in [5.41, 5.74) is 0.697. The van der Waals surface area contributed by atoms with Crippen molar-refractivity contribution < 1.29 is 27.8 Å². The second-order valence-electron chi connectivity index (χ2n) is 9.49. The molecule has 4 aromatic rings. The maximum absolute atomic E-state index is 15.3. The fourth-order valence-electron chi connectivity index (χ4n) is 4.58. The van der Waals surface area contributed by atoms with Crippen molar-refractivity contribution in [1.29, 1.82) is 5.41 Å². The number of halogens is 2.